The molecule has 1 saturated carbocycles. The smallest absolute Gasteiger partial charge is 0.260 e. The number of ether oxygens (including phenoxy) is 2. The van der Waals surface area contributed by atoms with Gasteiger partial charge in [0.2, 0.25) is 0 Å². The van der Waals surface area contributed by atoms with Gasteiger partial charge in [0.25, 0.3) is 5.91 Å². The molecule has 3 fully saturated rings. The van der Waals surface area contributed by atoms with Crippen LogP contribution in [0.4, 0.5) is 0 Å². The van der Waals surface area contributed by atoms with E-state index < -0.39 is 0 Å². The van der Waals surface area contributed by atoms with E-state index in [1.807, 2.05) is 11.9 Å². The monoisotopic (exact) mass is 440 g/mol. The van der Waals surface area contributed by atoms with Crippen molar-refractivity contribution in [2.45, 2.75) is 62.6 Å². The van der Waals surface area contributed by atoms with Crippen molar-refractivity contribution in [1.29, 1.82) is 0 Å². The van der Waals surface area contributed by atoms with E-state index in [4.69, 9.17) is 32.7 Å². The number of carbonyl (C=O) groups is 1. The van der Waals surface area contributed by atoms with E-state index in [2.05, 4.69) is 4.90 Å². The van der Waals surface area contributed by atoms with Crippen molar-refractivity contribution < 1.29 is 14.3 Å². The number of likely N-dealkylation sites (N-methyl/N-ethyl adjacent to an activating group) is 1. The van der Waals surface area contributed by atoms with Crippen LogP contribution in [0.5, 0.6) is 5.75 Å². The first-order chi connectivity index (χ1) is 14.0. The number of rotatable bonds is 5. The summed E-state index contributed by atoms with van der Waals surface area (Å²) in [7, 11) is 1.90. The summed E-state index contributed by atoms with van der Waals surface area (Å²) in [5.41, 5.74) is 0.0230. The maximum atomic E-state index is 13.0. The van der Waals surface area contributed by atoms with Gasteiger partial charge < -0.3 is 14.4 Å². The van der Waals surface area contributed by atoms with Crippen molar-refractivity contribution >= 4 is 29.1 Å². The molecule has 4 rings (SSSR count). The largest absolute Gasteiger partial charge is 0.481 e. The molecule has 0 N–H and O–H groups in total. The van der Waals surface area contributed by atoms with Gasteiger partial charge in [-0.3, -0.25) is 9.69 Å². The first-order valence-corrected chi connectivity index (χ1v) is 11.5. The molecule has 2 heterocycles. The minimum absolute atomic E-state index is 0.0230. The molecule has 0 bridgehead atoms. The Balaban J connectivity index is 1.44. The molecular formula is C22H30Cl2N2O3. The molecule has 5 nitrogen and oxygen atoms in total. The Morgan fingerprint density at radius 1 is 1.24 bits per heavy atom. The molecule has 2 aliphatic heterocycles. The van der Waals surface area contributed by atoms with Gasteiger partial charge in [-0.1, -0.05) is 29.3 Å². The summed E-state index contributed by atoms with van der Waals surface area (Å²) < 4.78 is 11.9. The van der Waals surface area contributed by atoms with Crippen LogP contribution >= 0.6 is 23.2 Å². The Bertz CT molecular complexity index is 713. The third-order valence-electron chi connectivity index (χ3n) is 6.87. The maximum absolute atomic E-state index is 13.0. The Morgan fingerprint density at radius 2 is 1.97 bits per heavy atom. The first-order valence-electron chi connectivity index (χ1n) is 10.7. The third-order valence-corrected chi connectivity index (χ3v) is 7.46. The van der Waals surface area contributed by atoms with Crippen molar-refractivity contribution in [3.8, 4) is 5.75 Å². The van der Waals surface area contributed by atoms with E-state index in [0.29, 0.717) is 21.8 Å². The summed E-state index contributed by atoms with van der Waals surface area (Å²) in [4.78, 5) is 17.4. The Labute approximate surface area is 183 Å². The van der Waals surface area contributed by atoms with Crippen molar-refractivity contribution in [3.05, 3.63) is 28.2 Å². The van der Waals surface area contributed by atoms with Crippen LogP contribution in [0.15, 0.2) is 18.2 Å². The van der Waals surface area contributed by atoms with Gasteiger partial charge >= 0.3 is 0 Å². The predicted octanol–water partition coefficient (Wildman–Crippen LogP) is 4.40. The summed E-state index contributed by atoms with van der Waals surface area (Å²) in [6.45, 7) is 3.04. The number of likely N-dealkylation sites (tertiary alicyclic amines) is 1. The molecule has 1 aliphatic carbocycles. The van der Waals surface area contributed by atoms with Crippen LogP contribution < -0.4 is 4.74 Å². The van der Waals surface area contributed by atoms with E-state index in [9.17, 15) is 4.79 Å². The van der Waals surface area contributed by atoms with Gasteiger partial charge in [0.1, 0.15) is 0 Å². The second kappa shape index (κ2) is 9.01. The minimum atomic E-state index is -0.0647. The van der Waals surface area contributed by atoms with Gasteiger partial charge in [-0.25, -0.2) is 0 Å². The molecule has 0 radical (unpaired) electrons. The van der Waals surface area contributed by atoms with Gasteiger partial charge in [-0.15, -0.1) is 0 Å². The normalized spacial score (nSPS) is 30.0. The summed E-state index contributed by atoms with van der Waals surface area (Å²) in [5, 5.41) is 0.835. The van der Waals surface area contributed by atoms with Gasteiger partial charge in [-0.05, 0) is 70.2 Å². The van der Waals surface area contributed by atoms with Gasteiger partial charge in [0.15, 0.2) is 12.4 Å². The summed E-state index contributed by atoms with van der Waals surface area (Å²) in [6, 6.07) is 5.71. The van der Waals surface area contributed by atoms with Crippen LogP contribution in [0.25, 0.3) is 0 Å². The lowest BCUT2D eigenvalue weighted by atomic mass is 9.76. The third kappa shape index (κ3) is 4.53. The molecule has 1 aromatic carbocycles. The molecule has 29 heavy (non-hydrogen) atoms. The lowest BCUT2D eigenvalue weighted by Crippen LogP contribution is -2.58. The van der Waals surface area contributed by atoms with E-state index in [1.54, 1.807) is 18.2 Å². The average molecular weight is 441 g/mol. The fourth-order valence-corrected chi connectivity index (χ4v) is 5.78. The van der Waals surface area contributed by atoms with E-state index >= 15 is 0 Å². The fraction of sp³-hybridized carbons (Fsp3) is 0.682. The number of hydrogen-bond acceptors (Lipinski definition) is 4. The summed E-state index contributed by atoms with van der Waals surface area (Å²) in [5.74, 6) is 0.328. The van der Waals surface area contributed by atoms with Crippen LogP contribution in [-0.4, -0.2) is 66.7 Å². The standard InChI is InChI=1S/C22H30Cl2N2O3/c1-25(20(27)15-28-21-16(23)6-4-7-17(21)24)18-8-10-22(9-5-13-29-22)14-19(18)26-11-2-3-12-26/h4,6-7,18-19H,2-3,5,8-15H2,1H3. The van der Waals surface area contributed by atoms with E-state index in [1.165, 1.54) is 12.8 Å². The number of para-hydroxylation sites is 1. The molecule has 1 amide bonds. The molecule has 0 aromatic heterocycles. The predicted molar refractivity (Wildman–Crippen MR) is 115 cm³/mol. The Kier molecular flexibility index (Phi) is 6.59. The average Bonchev–Trinajstić information content (AvgIpc) is 3.39. The molecule has 3 unspecified atom stereocenters. The van der Waals surface area contributed by atoms with E-state index in [-0.39, 0.29) is 24.2 Å². The number of benzene rings is 1. The second-order valence-electron chi connectivity index (χ2n) is 8.60. The van der Waals surface area contributed by atoms with Gasteiger partial charge in [0, 0.05) is 25.7 Å². The fourth-order valence-electron chi connectivity index (χ4n) is 5.27. The molecule has 3 atom stereocenters. The molecule has 7 heteroatoms. The number of amides is 1. The van der Waals surface area contributed by atoms with Crippen LogP contribution in [0, 0.1) is 0 Å². The highest BCUT2D eigenvalue weighted by Gasteiger charge is 2.47. The van der Waals surface area contributed by atoms with Crippen molar-refractivity contribution in [1.82, 2.24) is 9.80 Å². The highest BCUT2D eigenvalue weighted by molar-refractivity contribution is 6.37. The number of carbonyl (C=O) groups excluding carboxylic acids is 1. The van der Waals surface area contributed by atoms with Crippen molar-refractivity contribution in [2.24, 2.45) is 0 Å². The van der Waals surface area contributed by atoms with Crippen LogP contribution in [-0.2, 0) is 9.53 Å². The van der Waals surface area contributed by atoms with Crippen LogP contribution in [0.3, 0.4) is 0 Å². The molecular weight excluding hydrogens is 411 g/mol. The zero-order valence-electron chi connectivity index (χ0n) is 17.0. The molecule has 160 valence electrons. The lowest BCUT2D eigenvalue weighted by molar-refractivity contribution is -0.139. The summed E-state index contributed by atoms with van der Waals surface area (Å²) in [6.07, 6.45) is 7.79. The quantitative estimate of drug-likeness (QED) is 0.680. The van der Waals surface area contributed by atoms with Crippen molar-refractivity contribution in [2.75, 3.05) is 33.4 Å². The Hall–Kier alpha value is -1.01. The zero-order valence-corrected chi connectivity index (χ0v) is 18.6. The molecule has 1 aromatic rings. The highest BCUT2D eigenvalue weighted by Crippen LogP contribution is 2.43. The molecule has 1 spiro atoms. The van der Waals surface area contributed by atoms with E-state index in [0.717, 1.165) is 51.8 Å². The second-order valence-corrected chi connectivity index (χ2v) is 9.41. The minimum Gasteiger partial charge on any atom is -0.481 e. The lowest BCUT2D eigenvalue weighted by Gasteiger charge is -2.48. The maximum Gasteiger partial charge on any atom is 0.260 e. The molecule has 2 saturated heterocycles. The number of nitrogens with zero attached hydrogens (tertiary/aromatic N) is 2. The Morgan fingerprint density at radius 3 is 2.62 bits per heavy atom. The van der Waals surface area contributed by atoms with Crippen molar-refractivity contribution in [3.63, 3.8) is 0 Å². The molecule has 3 aliphatic rings. The number of halogens is 2. The number of hydrogen-bond donors (Lipinski definition) is 0. The zero-order chi connectivity index (χ0) is 20.4. The SMILES string of the molecule is CN(C(=O)COc1c(Cl)cccc1Cl)C1CCC2(CCCO2)CC1N1CCCC1. The van der Waals surface area contributed by atoms with Gasteiger partial charge in [0.05, 0.1) is 15.6 Å². The highest BCUT2D eigenvalue weighted by atomic mass is 35.5. The van der Waals surface area contributed by atoms with Crippen LogP contribution in [0.2, 0.25) is 10.0 Å². The first kappa shape index (κ1) is 21.2. The van der Waals surface area contributed by atoms with Crippen LogP contribution in [0.1, 0.15) is 44.9 Å². The topological polar surface area (TPSA) is 42.0 Å². The van der Waals surface area contributed by atoms with Gasteiger partial charge in [-0.2, -0.15) is 0 Å². The summed E-state index contributed by atoms with van der Waals surface area (Å²) >= 11 is 12.3.